The van der Waals surface area contributed by atoms with E-state index < -0.39 is 10.0 Å². The van der Waals surface area contributed by atoms with Crippen molar-refractivity contribution in [3.8, 4) is 0 Å². The summed E-state index contributed by atoms with van der Waals surface area (Å²) in [7, 11) is -3.12. The largest absolute Gasteiger partial charge is 0.342 e. The van der Waals surface area contributed by atoms with Crippen molar-refractivity contribution in [2.45, 2.75) is 26.2 Å². The second kappa shape index (κ2) is 7.07. The molecule has 0 aliphatic carbocycles. The number of rotatable bonds is 3. The average Bonchev–Trinajstić information content (AvgIpc) is 2.64. The molecule has 0 bridgehead atoms. The highest BCUT2D eigenvalue weighted by molar-refractivity contribution is 7.88. The minimum absolute atomic E-state index is 0.190. The molecule has 0 radical (unpaired) electrons. The summed E-state index contributed by atoms with van der Waals surface area (Å²) in [5.41, 5.74) is 0. The van der Waals surface area contributed by atoms with Crippen molar-refractivity contribution in [3.63, 3.8) is 0 Å². The molecule has 2 fully saturated rings. The van der Waals surface area contributed by atoms with E-state index in [0.717, 1.165) is 44.8 Å². The maximum atomic E-state index is 12.3. The zero-order valence-electron chi connectivity index (χ0n) is 13.1. The Bertz CT molecular complexity index is 458. The second-order valence-electron chi connectivity index (χ2n) is 6.36. The topological polar surface area (TPSA) is 60.9 Å². The summed E-state index contributed by atoms with van der Waals surface area (Å²) < 4.78 is 24.7. The van der Waals surface area contributed by atoms with Gasteiger partial charge >= 0.3 is 0 Å². The lowest BCUT2D eigenvalue weighted by Crippen LogP contribution is -2.44. The third-order valence-corrected chi connectivity index (χ3v) is 5.81. The maximum Gasteiger partial charge on any atom is 0.236 e. The summed E-state index contributed by atoms with van der Waals surface area (Å²) in [5.74, 6) is 0.908. The summed E-state index contributed by atoms with van der Waals surface area (Å²) in [4.78, 5) is 16.4. The van der Waals surface area contributed by atoms with Crippen LogP contribution in [0.5, 0.6) is 0 Å². The Labute approximate surface area is 128 Å². The first-order chi connectivity index (χ1) is 9.86. The standard InChI is InChI=1S/C14H27N3O3S/c1-13-4-8-16(9-5-13)14(18)12-15-6-3-7-17(11-10-15)21(2,19)20/h13H,3-12H2,1-2H3. The van der Waals surface area contributed by atoms with Crippen molar-refractivity contribution in [1.82, 2.24) is 14.1 Å². The fourth-order valence-corrected chi connectivity index (χ4v) is 3.86. The minimum Gasteiger partial charge on any atom is -0.342 e. The molecule has 0 atom stereocenters. The van der Waals surface area contributed by atoms with Gasteiger partial charge in [-0.1, -0.05) is 6.92 Å². The lowest BCUT2D eigenvalue weighted by molar-refractivity contribution is -0.133. The van der Waals surface area contributed by atoms with Crippen LogP contribution in [0.2, 0.25) is 0 Å². The zero-order chi connectivity index (χ0) is 15.5. The molecule has 0 N–H and O–H groups in total. The average molecular weight is 317 g/mol. The molecular weight excluding hydrogens is 290 g/mol. The first-order valence-electron chi connectivity index (χ1n) is 7.81. The van der Waals surface area contributed by atoms with Gasteiger partial charge in [0.1, 0.15) is 0 Å². The third kappa shape index (κ3) is 4.93. The van der Waals surface area contributed by atoms with Gasteiger partial charge in [0.25, 0.3) is 0 Å². The van der Waals surface area contributed by atoms with Crippen LogP contribution in [0.3, 0.4) is 0 Å². The quantitative estimate of drug-likeness (QED) is 0.747. The van der Waals surface area contributed by atoms with Gasteiger partial charge in [-0.2, -0.15) is 0 Å². The van der Waals surface area contributed by atoms with Crippen molar-refractivity contribution in [1.29, 1.82) is 0 Å². The van der Waals surface area contributed by atoms with E-state index in [0.29, 0.717) is 26.2 Å². The van der Waals surface area contributed by atoms with Gasteiger partial charge in [0.05, 0.1) is 12.8 Å². The van der Waals surface area contributed by atoms with Gasteiger partial charge in [0.15, 0.2) is 0 Å². The lowest BCUT2D eigenvalue weighted by atomic mass is 9.99. The van der Waals surface area contributed by atoms with Crippen LogP contribution in [-0.2, 0) is 14.8 Å². The molecule has 2 rings (SSSR count). The van der Waals surface area contributed by atoms with Gasteiger partial charge in [-0.05, 0) is 31.7 Å². The summed E-state index contributed by atoms with van der Waals surface area (Å²) in [6.45, 7) is 6.87. The number of sulfonamides is 1. The van der Waals surface area contributed by atoms with E-state index in [1.807, 2.05) is 4.90 Å². The number of hydrogen-bond donors (Lipinski definition) is 0. The maximum absolute atomic E-state index is 12.3. The SMILES string of the molecule is CC1CCN(C(=O)CN2CCCN(S(C)(=O)=O)CC2)CC1. The Kier molecular flexibility index (Phi) is 5.62. The monoisotopic (exact) mass is 317 g/mol. The number of carbonyl (C=O) groups is 1. The molecule has 122 valence electrons. The second-order valence-corrected chi connectivity index (χ2v) is 8.34. The highest BCUT2D eigenvalue weighted by Gasteiger charge is 2.25. The first-order valence-corrected chi connectivity index (χ1v) is 9.66. The first kappa shape index (κ1) is 16.7. The fraction of sp³-hybridized carbons (Fsp3) is 0.929. The number of hydrogen-bond acceptors (Lipinski definition) is 4. The number of carbonyl (C=O) groups excluding carboxylic acids is 1. The third-order valence-electron chi connectivity index (χ3n) is 4.51. The van der Waals surface area contributed by atoms with Crippen LogP contribution < -0.4 is 0 Å². The molecule has 2 aliphatic rings. The molecule has 7 heteroatoms. The number of amides is 1. The van der Waals surface area contributed by atoms with Crippen LogP contribution >= 0.6 is 0 Å². The van der Waals surface area contributed by atoms with Crippen LogP contribution in [0.25, 0.3) is 0 Å². The summed E-state index contributed by atoms with van der Waals surface area (Å²) in [5, 5.41) is 0. The van der Waals surface area contributed by atoms with Crippen LogP contribution in [0, 0.1) is 5.92 Å². The van der Waals surface area contributed by atoms with Gasteiger partial charge in [-0.25, -0.2) is 12.7 Å². The van der Waals surface area contributed by atoms with E-state index in [2.05, 4.69) is 11.8 Å². The van der Waals surface area contributed by atoms with E-state index in [1.54, 1.807) is 0 Å². The molecule has 2 heterocycles. The van der Waals surface area contributed by atoms with Crippen molar-refractivity contribution in [2.75, 3.05) is 52.1 Å². The minimum atomic E-state index is -3.12. The summed E-state index contributed by atoms with van der Waals surface area (Å²) >= 11 is 0. The Morgan fingerprint density at radius 1 is 1.05 bits per heavy atom. The molecule has 0 aromatic carbocycles. The molecule has 2 saturated heterocycles. The molecule has 0 unspecified atom stereocenters. The Hall–Kier alpha value is -0.660. The van der Waals surface area contributed by atoms with E-state index in [4.69, 9.17) is 0 Å². The molecule has 6 nitrogen and oxygen atoms in total. The molecule has 0 aromatic heterocycles. The van der Waals surface area contributed by atoms with E-state index >= 15 is 0 Å². The molecule has 2 aliphatic heterocycles. The van der Waals surface area contributed by atoms with Gasteiger partial charge in [0, 0.05) is 32.7 Å². The molecule has 0 spiro atoms. The van der Waals surface area contributed by atoms with E-state index in [1.165, 1.54) is 10.6 Å². The molecular formula is C14H27N3O3S. The Morgan fingerprint density at radius 3 is 2.33 bits per heavy atom. The van der Waals surface area contributed by atoms with Crippen molar-refractivity contribution in [3.05, 3.63) is 0 Å². The molecule has 0 saturated carbocycles. The summed E-state index contributed by atoms with van der Waals surface area (Å²) in [6, 6.07) is 0. The summed E-state index contributed by atoms with van der Waals surface area (Å²) in [6.07, 6.45) is 4.22. The van der Waals surface area contributed by atoms with Gasteiger partial charge in [-0.3, -0.25) is 9.69 Å². The van der Waals surface area contributed by atoms with Crippen LogP contribution in [0.1, 0.15) is 26.2 Å². The van der Waals surface area contributed by atoms with Crippen molar-refractivity contribution < 1.29 is 13.2 Å². The predicted octanol–water partition coefficient (Wildman–Crippen LogP) is 0.212. The smallest absolute Gasteiger partial charge is 0.236 e. The van der Waals surface area contributed by atoms with Gasteiger partial charge in [0.2, 0.25) is 15.9 Å². The van der Waals surface area contributed by atoms with Crippen LogP contribution in [0.15, 0.2) is 0 Å². The van der Waals surface area contributed by atoms with Crippen LogP contribution in [-0.4, -0.2) is 80.5 Å². The highest BCUT2D eigenvalue weighted by atomic mass is 32.2. The fourth-order valence-electron chi connectivity index (χ4n) is 2.99. The molecule has 21 heavy (non-hydrogen) atoms. The van der Waals surface area contributed by atoms with Crippen LogP contribution in [0.4, 0.5) is 0 Å². The Morgan fingerprint density at radius 2 is 1.71 bits per heavy atom. The van der Waals surface area contributed by atoms with Gasteiger partial charge < -0.3 is 4.90 Å². The van der Waals surface area contributed by atoms with Crippen molar-refractivity contribution in [2.24, 2.45) is 5.92 Å². The highest BCUT2D eigenvalue weighted by Crippen LogP contribution is 2.16. The number of likely N-dealkylation sites (tertiary alicyclic amines) is 1. The molecule has 0 aromatic rings. The normalized spacial score (nSPS) is 24.0. The van der Waals surface area contributed by atoms with E-state index in [-0.39, 0.29) is 5.91 Å². The Balaban J connectivity index is 1.82. The van der Waals surface area contributed by atoms with Crippen molar-refractivity contribution >= 4 is 15.9 Å². The zero-order valence-corrected chi connectivity index (χ0v) is 13.9. The van der Waals surface area contributed by atoms with Gasteiger partial charge in [-0.15, -0.1) is 0 Å². The lowest BCUT2D eigenvalue weighted by Gasteiger charge is -2.32. The molecule has 1 amide bonds. The number of piperidine rings is 1. The van der Waals surface area contributed by atoms with E-state index in [9.17, 15) is 13.2 Å². The number of nitrogens with zero attached hydrogens (tertiary/aromatic N) is 3. The predicted molar refractivity (Wildman–Crippen MR) is 82.5 cm³/mol.